The molecule has 1 atom stereocenters. The average Bonchev–Trinajstić information content (AvgIpc) is 3.02. The lowest BCUT2D eigenvalue weighted by Gasteiger charge is -2.16. The van der Waals surface area contributed by atoms with E-state index >= 15 is 0 Å². The van der Waals surface area contributed by atoms with Crippen LogP contribution in [0.3, 0.4) is 0 Å². The van der Waals surface area contributed by atoms with Gasteiger partial charge in [0.05, 0.1) is 13.7 Å². The van der Waals surface area contributed by atoms with Gasteiger partial charge >= 0.3 is 0 Å². The third kappa shape index (κ3) is 3.73. The number of H-pyrrole nitrogens is 1. The van der Waals surface area contributed by atoms with Gasteiger partial charge in [-0.05, 0) is 35.7 Å². The van der Waals surface area contributed by atoms with Crippen molar-refractivity contribution in [3.63, 3.8) is 0 Å². The van der Waals surface area contributed by atoms with E-state index in [-0.39, 0.29) is 12.6 Å². The Bertz CT molecular complexity index is 749. The molecule has 3 aromatic rings. The Hall–Kier alpha value is -2.30. The second-order valence-electron chi connectivity index (χ2n) is 5.67. The third-order valence-corrected chi connectivity index (χ3v) is 4.12. The maximum atomic E-state index is 9.66. The molecule has 0 amide bonds. The van der Waals surface area contributed by atoms with E-state index < -0.39 is 0 Å². The Morgan fingerprint density at radius 2 is 1.91 bits per heavy atom. The van der Waals surface area contributed by atoms with Crippen molar-refractivity contribution in [2.45, 2.75) is 19.0 Å². The van der Waals surface area contributed by atoms with Crippen LogP contribution in [0.4, 0.5) is 0 Å². The summed E-state index contributed by atoms with van der Waals surface area (Å²) in [7, 11) is 1.66. The summed E-state index contributed by atoms with van der Waals surface area (Å²) in [6, 6.07) is 16.2. The van der Waals surface area contributed by atoms with Gasteiger partial charge < -0.3 is 20.1 Å². The first kappa shape index (κ1) is 15.6. The molecule has 1 aromatic heterocycles. The molecule has 0 saturated carbocycles. The van der Waals surface area contributed by atoms with Crippen LogP contribution in [0.15, 0.2) is 54.7 Å². The van der Waals surface area contributed by atoms with Gasteiger partial charge in [-0.25, -0.2) is 0 Å². The molecule has 4 heteroatoms. The minimum Gasteiger partial charge on any atom is -0.497 e. The zero-order valence-electron chi connectivity index (χ0n) is 13.3. The highest BCUT2D eigenvalue weighted by Gasteiger charge is 2.11. The number of nitrogens with one attached hydrogen (secondary N) is 2. The number of fused-ring (bicyclic) bond motifs is 1. The number of aromatic amines is 1. The number of aromatic nitrogens is 1. The summed E-state index contributed by atoms with van der Waals surface area (Å²) < 4.78 is 5.16. The summed E-state index contributed by atoms with van der Waals surface area (Å²) in [5.74, 6) is 0.853. The minimum atomic E-state index is 0.0244. The molecule has 23 heavy (non-hydrogen) atoms. The second kappa shape index (κ2) is 7.31. The van der Waals surface area contributed by atoms with Gasteiger partial charge in [-0.15, -0.1) is 0 Å². The fourth-order valence-corrected chi connectivity index (χ4v) is 2.77. The van der Waals surface area contributed by atoms with Crippen molar-refractivity contribution < 1.29 is 9.84 Å². The van der Waals surface area contributed by atoms with Crippen molar-refractivity contribution in [1.82, 2.24) is 10.3 Å². The first-order valence-electron chi connectivity index (χ1n) is 7.82. The van der Waals surface area contributed by atoms with Crippen molar-refractivity contribution in [2.75, 3.05) is 13.7 Å². The lowest BCUT2D eigenvalue weighted by Crippen LogP contribution is -2.33. The number of ether oxygens (including phenoxy) is 1. The van der Waals surface area contributed by atoms with Crippen LogP contribution in [0.2, 0.25) is 0 Å². The summed E-state index contributed by atoms with van der Waals surface area (Å²) in [6.45, 7) is 0.827. The smallest absolute Gasteiger partial charge is 0.118 e. The molecule has 0 radical (unpaired) electrons. The van der Waals surface area contributed by atoms with E-state index in [9.17, 15) is 5.11 Å². The Balaban J connectivity index is 1.63. The summed E-state index contributed by atoms with van der Waals surface area (Å²) in [5.41, 5.74) is 3.53. The van der Waals surface area contributed by atoms with Crippen molar-refractivity contribution in [1.29, 1.82) is 0 Å². The number of rotatable bonds is 7. The zero-order chi connectivity index (χ0) is 16.1. The quantitative estimate of drug-likeness (QED) is 0.629. The van der Waals surface area contributed by atoms with Gasteiger partial charge in [0.2, 0.25) is 0 Å². The summed E-state index contributed by atoms with van der Waals surface area (Å²) in [4.78, 5) is 3.28. The third-order valence-electron chi connectivity index (χ3n) is 4.12. The Morgan fingerprint density at radius 3 is 2.65 bits per heavy atom. The number of benzene rings is 2. The predicted octanol–water partition coefficient (Wildman–Crippen LogP) is 2.87. The molecule has 2 aromatic carbocycles. The Labute approximate surface area is 136 Å². The summed E-state index contributed by atoms with van der Waals surface area (Å²) in [6.07, 6.45) is 2.82. The van der Waals surface area contributed by atoms with Crippen LogP contribution in [0.5, 0.6) is 5.75 Å². The van der Waals surface area contributed by atoms with Crippen LogP contribution in [0.25, 0.3) is 10.9 Å². The van der Waals surface area contributed by atoms with Crippen LogP contribution in [-0.4, -0.2) is 29.8 Å². The lowest BCUT2D eigenvalue weighted by atomic mass is 10.1. The highest BCUT2D eigenvalue weighted by Crippen LogP contribution is 2.19. The van der Waals surface area contributed by atoms with E-state index in [0.717, 1.165) is 24.2 Å². The lowest BCUT2D eigenvalue weighted by molar-refractivity contribution is 0.241. The Morgan fingerprint density at radius 1 is 1.13 bits per heavy atom. The van der Waals surface area contributed by atoms with E-state index in [4.69, 9.17) is 4.74 Å². The number of aliphatic hydroxyl groups excluding tert-OH is 1. The molecule has 0 unspecified atom stereocenters. The first-order valence-corrected chi connectivity index (χ1v) is 7.82. The number of methoxy groups -OCH3 is 1. The fraction of sp³-hybridized carbons (Fsp3) is 0.263. The number of hydrogen-bond donors (Lipinski definition) is 3. The van der Waals surface area contributed by atoms with E-state index in [1.165, 1.54) is 16.5 Å². The van der Waals surface area contributed by atoms with E-state index in [2.05, 4.69) is 22.4 Å². The Kier molecular flexibility index (Phi) is 4.95. The van der Waals surface area contributed by atoms with Crippen molar-refractivity contribution in [3.05, 3.63) is 65.9 Å². The highest BCUT2D eigenvalue weighted by molar-refractivity contribution is 5.83. The van der Waals surface area contributed by atoms with Gasteiger partial charge in [0.1, 0.15) is 5.75 Å². The largest absolute Gasteiger partial charge is 0.497 e. The second-order valence-corrected chi connectivity index (χ2v) is 5.67. The molecule has 3 N–H and O–H groups in total. The van der Waals surface area contributed by atoms with Gasteiger partial charge in [-0.1, -0.05) is 30.3 Å². The highest BCUT2D eigenvalue weighted by atomic mass is 16.5. The van der Waals surface area contributed by atoms with E-state index in [1.54, 1.807) is 7.11 Å². The molecule has 0 aliphatic heterocycles. The monoisotopic (exact) mass is 310 g/mol. The van der Waals surface area contributed by atoms with Crippen molar-refractivity contribution >= 4 is 10.9 Å². The van der Waals surface area contributed by atoms with Gasteiger partial charge in [0, 0.05) is 29.7 Å². The predicted molar refractivity (Wildman–Crippen MR) is 92.7 cm³/mol. The molecule has 0 aliphatic rings. The first-order chi connectivity index (χ1) is 11.3. The van der Waals surface area contributed by atoms with Crippen LogP contribution in [0.1, 0.15) is 11.1 Å². The van der Waals surface area contributed by atoms with E-state index in [0.29, 0.717) is 0 Å². The van der Waals surface area contributed by atoms with Gasteiger partial charge in [0.15, 0.2) is 0 Å². The topological polar surface area (TPSA) is 57.3 Å². The average molecular weight is 310 g/mol. The molecule has 0 saturated heterocycles. The summed E-state index contributed by atoms with van der Waals surface area (Å²) in [5, 5.41) is 14.3. The number of hydrogen-bond acceptors (Lipinski definition) is 3. The fourth-order valence-electron chi connectivity index (χ4n) is 2.77. The number of aliphatic hydroxyl groups is 1. The molecular weight excluding hydrogens is 288 g/mol. The standard InChI is InChI=1S/C19H22N2O2/c1-23-17-8-6-14(7-9-17)11-20-16(13-22)10-15-12-21-19-5-3-2-4-18(15)19/h2-9,12,16,20-22H,10-11,13H2,1H3/t16-/m1/s1. The van der Waals surface area contributed by atoms with Gasteiger partial charge in [-0.2, -0.15) is 0 Å². The molecule has 4 nitrogen and oxygen atoms in total. The van der Waals surface area contributed by atoms with Crippen LogP contribution in [0, 0.1) is 0 Å². The van der Waals surface area contributed by atoms with Crippen LogP contribution in [-0.2, 0) is 13.0 Å². The molecule has 0 bridgehead atoms. The zero-order valence-corrected chi connectivity index (χ0v) is 13.3. The van der Waals surface area contributed by atoms with E-state index in [1.807, 2.05) is 42.6 Å². The summed E-state index contributed by atoms with van der Waals surface area (Å²) >= 11 is 0. The maximum absolute atomic E-state index is 9.66. The normalized spacial score (nSPS) is 12.4. The van der Waals surface area contributed by atoms with Crippen LogP contribution < -0.4 is 10.1 Å². The molecule has 0 aliphatic carbocycles. The number of para-hydroxylation sites is 1. The molecule has 120 valence electrons. The molecule has 0 spiro atoms. The van der Waals surface area contributed by atoms with Gasteiger partial charge in [-0.3, -0.25) is 0 Å². The minimum absolute atomic E-state index is 0.0244. The van der Waals surface area contributed by atoms with Crippen molar-refractivity contribution in [3.8, 4) is 5.75 Å². The molecule has 1 heterocycles. The molecular formula is C19H22N2O2. The molecule has 3 rings (SSSR count). The maximum Gasteiger partial charge on any atom is 0.118 e. The SMILES string of the molecule is COc1ccc(CN[C@@H](CO)Cc2c[nH]c3ccccc23)cc1. The molecule has 0 fully saturated rings. The van der Waals surface area contributed by atoms with Gasteiger partial charge in [0.25, 0.3) is 0 Å². The van der Waals surface area contributed by atoms with Crippen LogP contribution >= 0.6 is 0 Å². The van der Waals surface area contributed by atoms with Crippen molar-refractivity contribution in [2.24, 2.45) is 0 Å².